The van der Waals surface area contributed by atoms with Crippen molar-refractivity contribution in [2.45, 2.75) is 76.0 Å². The molecule has 4 heterocycles. The van der Waals surface area contributed by atoms with Crippen LogP contribution >= 0.6 is 0 Å². The number of aliphatic imine (C=N–C) groups is 1. The van der Waals surface area contributed by atoms with Crippen molar-refractivity contribution in [2.24, 2.45) is 10.9 Å². The van der Waals surface area contributed by atoms with Crippen LogP contribution in [-0.2, 0) is 23.9 Å². The van der Waals surface area contributed by atoms with Gasteiger partial charge in [-0.15, -0.1) is 0 Å². The molecule has 2 saturated heterocycles. The Morgan fingerprint density at radius 3 is 2.25 bits per heavy atom. The molecule has 5 atom stereocenters. The molecule has 0 unspecified atom stereocenters. The van der Waals surface area contributed by atoms with Gasteiger partial charge in [0, 0.05) is 30.4 Å². The molecule has 1 aromatic heterocycles. The van der Waals surface area contributed by atoms with E-state index in [2.05, 4.69) is 74.7 Å². The molecule has 0 saturated carbocycles. The number of hydrogen-bond acceptors (Lipinski definition) is 8. The topological polar surface area (TPSA) is 151 Å². The molecule has 0 radical (unpaired) electrons. The molecule has 3 aliphatic heterocycles. The van der Waals surface area contributed by atoms with Crippen molar-refractivity contribution in [1.82, 2.24) is 25.1 Å². The van der Waals surface area contributed by atoms with Gasteiger partial charge in [0.15, 0.2) is 0 Å². The number of alkyl carbamates (subject to hydrolysis) is 1. The zero-order chi connectivity index (χ0) is 44.2. The number of aromatic amines is 1. The van der Waals surface area contributed by atoms with Gasteiger partial charge in [-0.1, -0.05) is 92.7 Å². The standard InChI is InChI=1S/C50H51N7O6/c1-30(2)46(55-50(61)63-5)49(60)57-29-39(51-3)25-44(57)47-53-28-42(54-47)37-20-19-35-22-34(17-18-36(35)23-37)31-13-15-32(16-14-31)38-24-41(52-27-38)43-12-9-21-56(43)48(59)40(26-45(58)62-4)33-10-7-6-8-11-33/h6-8,10-11,13-20,22-23,27-28,30,39-40,43-44,46H,9,12,21,24-26,29H2,1-2,4-5H3,(H,53,54)(H,55,61)/t39-,40+,43-,44-,46-/m0/s1. The second kappa shape index (κ2) is 18.5. The van der Waals surface area contributed by atoms with Crippen molar-refractivity contribution in [3.63, 3.8) is 0 Å². The summed E-state index contributed by atoms with van der Waals surface area (Å²) in [5.41, 5.74) is 7.88. The molecule has 3 amide bonds. The molecule has 63 heavy (non-hydrogen) atoms. The van der Waals surface area contributed by atoms with Crippen LogP contribution in [0.15, 0.2) is 108 Å². The lowest BCUT2D eigenvalue weighted by Gasteiger charge is -2.29. The van der Waals surface area contributed by atoms with Crippen molar-refractivity contribution < 1.29 is 28.7 Å². The second-order valence-electron chi connectivity index (χ2n) is 16.8. The summed E-state index contributed by atoms with van der Waals surface area (Å²) in [6.45, 7) is 12.3. The van der Waals surface area contributed by atoms with Crippen LogP contribution in [0, 0.1) is 12.5 Å². The lowest BCUT2D eigenvalue weighted by atomic mass is 9.92. The van der Waals surface area contributed by atoms with Crippen molar-refractivity contribution in [3.05, 3.63) is 132 Å². The maximum absolute atomic E-state index is 14.0. The minimum atomic E-state index is -0.801. The number of fused-ring (bicyclic) bond motifs is 1. The molecule has 3 aliphatic rings. The highest BCUT2D eigenvalue weighted by Gasteiger charge is 2.44. The molecule has 5 aromatic rings. The van der Waals surface area contributed by atoms with Crippen LogP contribution in [0.4, 0.5) is 4.79 Å². The van der Waals surface area contributed by atoms with E-state index in [9.17, 15) is 19.2 Å². The summed E-state index contributed by atoms with van der Waals surface area (Å²) in [7, 11) is 2.61. The van der Waals surface area contributed by atoms with Crippen LogP contribution in [-0.4, -0.2) is 94.8 Å². The number of nitrogens with zero attached hydrogens (tertiary/aromatic N) is 5. The number of imidazole rings is 1. The molecule has 8 rings (SSSR count). The number of nitrogens with one attached hydrogen (secondary N) is 2. The van der Waals surface area contributed by atoms with E-state index in [0.29, 0.717) is 25.2 Å². The first-order valence-corrected chi connectivity index (χ1v) is 21.4. The SMILES string of the molecule is [C-]#[N+][C@H]1C[C@@H](c2ncc(-c3ccc4cc(-c5ccc(C6=CN=C([C@@H]7CCCN7C(=O)[C@H](CC(=O)OC)c7ccccc7)C6)cc5)ccc4c3)[nH]2)N(C(=O)[C@@H](NC(=O)OC)C(C)C)C1. The first-order valence-electron chi connectivity index (χ1n) is 21.4. The highest BCUT2D eigenvalue weighted by atomic mass is 16.5. The lowest BCUT2D eigenvalue weighted by molar-refractivity contribution is -0.144. The summed E-state index contributed by atoms with van der Waals surface area (Å²) in [6.07, 6.45) is 5.81. The summed E-state index contributed by atoms with van der Waals surface area (Å²) < 4.78 is 9.72. The van der Waals surface area contributed by atoms with Gasteiger partial charge in [0.05, 0.1) is 63.5 Å². The third-order valence-corrected chi connectivity index (χ3v) is 12.6. The summed E-state index contributed by atoms with van der Waals surface area (Å²) in [6, 6.07) is 28.9. The normalized spacial score (nSPS) is 19.3. The number of amides is 3. The maximum Gasteiger partial charge on any atom is 0.407 e. The van der Waals surface area contributed by atoms with E-state index < -0.39 is 30.1 Å². The number of ether oxygens (including phenoxy) is 2. The fourth-order valence-corrected chi connectivity index (χ4v) is 9.10. The van der Waals surface area contributed by atoms with Gasteiger partial charge in [0.25, 0.3) is 0 Å². The maximum atomic E-state index is 14.0. The van der Waals surface area contributed by atoms with Crippen molar-refractivity contribution in [2.75, 3.05) is 27.3 Å². The van der Waals surface area contributed by atoms with Crippen molar-refractivity contribution in [3.8, 4) is 22.4 Å². The largest absolute Gasteiger partial charge is 0.469 e. The number of methoxy groups -OCH3 is 2. The molecular formula is C50H51N7O6. The number of aromatic nitrogens is 2. The predicted molar refractivity (Wildman–Crippen MR) is 241 cm³/mol. The number of hydrogen-bond donors (Lipinski definition) is 2. The van der Waals surface area contributed by atoms with E-state index >= 15 is 0 Å². The third-order valence-electron chi connectivity index (χ3n) is 12.6. The highest BCUT2D eigenvalue weighted by Crippen LogP contribution is 2.37. The fraction of sp³-hybridized carbons (Fsp3) is 0.340. The van der Waals surface area contributed by atoms with Crippen LogP contribution in [0.25, 0.3) is 43.6 Å². The molecule has 0 aliphatic carbocycles. The number of carbonyl (C=O) groups is 4. The molecule has 0 bridgehead atoms. The molecule has 13 nitrogen and oxygen atoms in total. The molecular weight excluding hydrogens is 795 g/mol. The Balaban J connectivity index is 0.926. The van der Waals surface area contributed by atoms with Gasteiger partial charge >= 0.3 is 12.1 Å². The van der Waals surface area contributed by atoms with E-state index in [-0.39, 0.29) is 42.8 Å². The zero-order valence-corrected chi connectivity index (χ0v) is 35.9. The van der Waals surface area contributed by atoms with E-state index in [1.54, 1.807) is 11.1 Å². The number of likely N-dealkylation sites (tertiary alicyclic amines) is 2. The number of carbonyl (C=O) groups excluding carboxylic acids is 4. The molecule has 2 N–H and O–H groups in total. The Bertz CT molecular complexity index is 2630. The minimum Gasteiger partial charge on any atom is -0.469 e. The van der Waals surface area contributed by atoms with Gasteiger partial charge in [0.2, 0.25) is 17.9 Å². The average Bonchev–Trinajstić information content (AvgIpc) is 4.16. The Hall–Kier alpha value is -7.07. The van der Waals surface area contributed by atoms with Gasteiger partial charge in [-0.25, -0.2) is 16.4 Å². The van der Waals surface area contributed by atoms with Crippen LogP contribution in [0.1, 0.15) is 74.9 Å². The number of H-pyrrole nitrogens is 1. The Morgan fingerprint density at radius 1 is 0.857 bits per heavy atom. The van der Waals surface area contributed by atoms with E-state index in [1.165, 1.54) is 14.2 Å². The zero-order valence-electron chi connectivity index (χ0n) is 35.9. The summed E-state index contributed by atoms with van der Waals surface area (Å²) in [5, 5.41) is 4.80. The van der Waals surface area contributed by atoms with Gasteiger partial charge in [0.1, 0.15) is 11.9 Å². The van der Waals surface area contributed by atoms with Crippen LogP contribution in [0.5, 0.6) is 0 Å². The smallest absolute Gasteiger partial charge is 0.407 e. The minimum absolute atomic E-state index is 0.00681. The molecule has 0 spiro atoms. The molecule has 322 valence electrons. The Morgan fingerprint density at radius 2 is 1.56 bits per heavy atom. The first kappa shape index (κ1) is 42.6. The number of benzene rings is 4. The van der Waals surface area contributed by atoms with E-state index in [0.717, 1.165) is 68.4 Å². The second-order valence-corrected chi connectivity index (χ2v) is 16.8. The van der Waals surface area contributed by atoms with Crippen molar-refractivity contribution in [1.29, 1.82) is 0 Å². The average molecular weight is 846 g/mol. The monoisotopic (exact) mass is 845 g/mol. The number of esters is 1. The summed E-state index contributed by atoms with van der Waals surface area (Å²) >= 11 is 0. The van der Waals surface area contributed by atoms with Crippen LogP contribution in [0.3, 0.4) is 0 Å². The highest BCUT2D eigenvalue weighted by molar-refractivity contribution is 6.04. The summed E-state index contributed by atoms with van der Waals surface area (Å²) in [5.74, 6) is -0.952. The summed E-state index contributed by atoms with van der Waals surface area (Å²) in [4.78, 5) is 72.5. The Kier molecular flexibility index (Phi) is 12.5. The molecule has 4 aromatic carbocycles. The quantitative estimate of drug-likeness (QED) is 0.0947. The van der Waals surface area contributed by atoms with Crippen molar-refractivity contribution >= 4 is 45.9 Å². The van der Waals surface area contributed by atoms with Gasteiger partial charge in [-0.2, -0.15) is 0 Å². The van der Waals surface area contributed by atoms with Gasteiger partial charge in [-0.3, -0.25) is 19.4 Å². The fourth-order valence-electron chi connectivity index (χ4n) is 9.10. The van der Waals surface area contributed by atoms with E-state index in [1.807, 2.05) is 61.3 Å². The van der Waals surface area contributed by atoms with E-state index in [4.69, 9.17) is 21.0 Å². The molecule has 2 fully saturated rings. The van der Waals surface area contributed by atoms with Gasteiger partial charge < -0.3 is 34.4 Å². The molecule has 13 heteroatoms. The lowest BCUT2D eigenvalue weighted by Crippen LogP contribution is -2.51. The third kappa shape index (κ3) is 8.98. The first-order chi connectivity index (χ1) is 30.5. The number of allylic oxidation sites excluding steroid dienone is 1. The number of rotatable bonds is 12. The predicted octanol–water partition coefficient (Wildman–Crippen LogP) is 8.36. The van der Waals surface area contributed by atoms with Crippen LogP contribution in [0.2, 0.25) is 0 Å². The van der Waals surface area contributed by atoms with Crippen LogP contribution < -0.4 is 5.32 Å². The van der Waals surface area contributed by atoms with Gasteiger partial charge in [-0.05, 0) is 69.5 Å². The Labute approximate surface area is 367 Å².